The lowest BCUT2D eigenvalue weighted by Crippen LogP contribution is -2.65. The summed E-state index contributed by atoms with van der Waals surface area (Å²) in [5.74, 6) is -4.87. The van der Waals surface area contributed by atoms with Crippen molar-refractivity contribution in [1.29, 1.82) is 0 Å². The van der Waals surface area contributed by atoms with E-state index in [1.165, 1.54) is 27.2 Å². The minimum Gasteiger partial charge on any atom is -0.462 e. The van der Waals surface area contributed by atoms with Crippen LogP contribution in [0.5, 0.6) is 0 Å². The highest BCUT2D eigenvalue weighted by molar-refractivity contribution is 5.91. The molecule has 0 radical (unpaired) electrons. The second-order valence-electron chi connectivity index (χ2n) is 21.4. The lowest BCUT2D eigenvalue weighted by atomic mass is 9.79. The Morgan fingerprint density at radius 1 is 0.890 bits per heavy atom. The molecule has 0 aromatic rings. The molecule has 20 nitrogen and oxygen atoms in total. The van der Waals surface area contributed by atoms with Gasteiger partial charge in [0.05, 0.1) is 43.5 Å². The number of hydrogen-bond donors (Lipinski definition) is 3. The third-order valence-electron chi connectivity index (χ3n) is 14.5. The highest BCUT2D eigenvalue weighted by Crippen LogP contribution is 2.39. The van der Waals surface area contributed by atoms with E-state index >= 15 is 0 Å². The molecule has 0 spiro atoms. The molecule has 4 aliphatic rings. The summed E-state index contributed by atoms with van der Waals surface area (Å²) >= 11 is 0. The summed E-state index contributed by atoms with van der Waals surface area (Å²) in [5.41, 5.74) is -0.865. The predicted octanol–water partition coefficient (Wildman–Crippen LogP) is 4.00. The number of carbonyl (C=O) groups excluding carboxylic acids is 5. The fourth-order valence-electron chi connectivity index (χ4n) is 10.6. The van der Waals surface area contributed by atoms with Crippen molar-refractivity contribution in [3.8, 4) is 0 Å². The molecule has 20 heteroatoms. The molecule has 0 bridgehead atoms. The smallest absolute Gasteiger partial charge is 0.309 e. The first kappa shape index (κ1) is 62.3. The lowest BCUT2D eigenvalue weighted by molar-refractivity contribution is -0.342. The molecule has 0 aliphatic carbocycles. The van der Waals surface area contributed by atoms with Gasteiger partial charge in [0, 0.05) is 58.2 Å². The third kappa shape index (κ3) is 16.9. The number of rotatable bonds is 17. The average molecular weight is 1040 g/mol. The van der Waals surface area contributed by atoms with Crippen LogP contribution in [-0.4, -0.2) is 189 Å². The molecule has 418 valence electrons. The quantitative estimate of drug-likeness (QED) is 0.106. The van der Waals surface area contributed by atoms with Crippen molar-refractivity contribution in [2.24, 2.45) is 29.6 Å². The van der Waals surface area contributed by atoms with Crippen molar-refractivity contribution >= 4 is 30.0 Å². The third-order valence-corrected chi connectivity index (χ3v) is 14.5. The number of ether oxygens (including phenoxy) is 11. The van der Waals surface area contributed by atoms with Gasteiger partial charge in [-0.2, -0.15) is 0 Å². The molecule has 0 saturated carbocycles. The van der Waals surface area contributed by atoms with E-state index in [0.717, 1.165) is 0 Å². The van der Waals surface area contributed by atoms with Gasteiger partial charge in [-0.3, -0.25) is 19.2 Å². The van der Waals surface area contributed by atoms with Crippen LogP contribution < -0.4 is 0 Å². The van der Waals surface area contributed by atoms with Gasteiger partial charge in [0.15, 0.2) is 30.8 Å². The largest absolute Gasteiger partial charge is 0.462 e. The van der Waals surface area contributed by atoms with Crippen LogP contribution in [0.2, 0.25) is 0 Å². The summed E-state index contributed by atoms with van der Waals surface area (Å²) in [6, 6.07) is -0.809. The number of cyclic esters (lactones) is 1. The Morgan fingerprint density at radius 2 is 1.55 bits per heavy atom. The number of ketones is 1. The molecule has 0 aromatic carbocycles. The Morgan fingerprint density at radius 3 is 2.12 bits per heavy atom. The van der Waals surface area contributed by atoms with Crippen molar-refractivity contribution in [2.45, 2.75) is 218 Å². The van der Waals surface area contributed by atoms with Crippen molar-refractivity contribution in [3.63, 3.8) is 0 Å². The first-order valence-electron chi connectivity index (χ1n) is 25.9. The molecule has 3 N–H and O–H groups in total. The Bertz CT molecular complexity index is 1860. The summed E-state index contributed by atoms with van der Waals surface area (Å²) in [6.45, 7) is 18.7. The number of likely N-dealkylation sites (N-methyl/N-ethyl adjacent to an activating group) is 1. The van der Waals surface area contributed by atoms with Crippen molar-refractivity contribution in [1.82, 2.24) is 4.90 Å². The van der Waals surface area contributed by atoms with Crippen molar-refractivity contribution in [3.05, 3.63) is 23.8 Å². The fourth-order valence-corrected chi connectivity index (χ4v) is 10.6. The number of aliphatic hydroxyl groups is 3. The van der Waals surface area contributed by atoms with Gasteiger partial charge in [0.2, 0.25) is 0 Å². The molecule has 3 saturated heterocycles. The highest BCUT2D eigenvalue weighted by atomic mass is 16.7. The number of hydrogen-bond acceptors (Lipinski definition) is 20. The number of methoxy groups -OCH3 is 2. The molecule has 1 unspecified atom stereocenters. The number of esters is 3. The number of nitrogens with zero attached hydrogens (tertiary/aromatic N) is 1. The van der Waals surface area contributed by atoms with Gasteiger partial charge in [0.1, 0.15) is 54.6 Å². The van der Waals surface area contributed by atoms with Crippen molar-refractivity contribution in [2.75, 3.05) is 34.9 Å². The maximum Gasteiger partial charge on any atom is 0.309 e. The highest BCUT2D eigenvalue weighted by Gasteiger charge is 2.53. The van der Waals surface area contributed by atoms with Crippen LogP contribution in [-0.2, 0) is 76.1 Å². The molecule has 3 fully saturated rings. The van der Waals surface area contributed by atoms with E-state index in [9.17, 15) is 39.3 Å². The molecule has 4 rings (SSSR count). The van der Waals surface area contributed by atoms with Gasteiger partial charge in [0.25, 0.3) is 0 Å². The molecule has 4 heterocycles. The van der Waals surface area contributed by atoms with Crippen LogP contribution in [0, 0.1) is 29.6 Å². The van der Waals surface area contributed by atoms with E-state index < -0.39 is 152 Å². The first-order chi connectivity index (χ1) is 34.3. The van der Waals surface area contributed by atoms with Crippen LogP contribution in [0.15, 0.2) is 23.8 Å². The Balaban J connectivity index is 1.66. The van der Waals surface area contributed by atoms with Gasteiger partial charge in [-0.25, -0.2) is 0 Å². The molecule has 4 aliphatic heterocycles. The molecule has 21 atom stereocenters. The van der Waals surface area contributed by atoms with Crippen LogP contribution in [0.25, 0.3) is 0 Å². The summed E-state index contributed by atoms with van der Waals surface area (Å²) in [4.78, 5) is 67.9. The van der Waals surface area contributed by atoms with E-state index in [1.807, 2.05) is 26.8 Å². The zero-order valence-electron chi connectivity index (χ0n) is 45.7. The lowest BCUT2D eigenvalue weighted by Gasteiger charge is -2.50. The van der Waals surface area contributed by atoms with Gasteiger partial charge in [-0.15, -0.1) is 0 Å². The van der Waals surface area contributed by atoms with E-state index in [1.54, 1.807) is 73.5 Å². The maximum atomic E-state index is 14.2. The molecular formula is C53H87NO19. The van der Waals surface area contributed by atoms with Crippen molar-refractivity contribution < 1.29 is 91.4 Å². The minimum absolute atomic E-state index is 0.0378. The standard InChI is InChI=1S/C53H87NO19/c1-16-38-36(26-65-52-49(64-15)48(63-14)44(60)31(7)67-52)22-28(4)17-18-37(57)29(5)23-35(19-20-55)46(30(6)39(69-34(10)56)24-41(59)70-38)73-51-45(61)43(54(12)13)47(32(8)68-51)72-42-25-53(11,62)50(33(9)66-42)71-40(58)21-27(2)3/h17-18,20,22,27,29-33,35-36,38-39,42-52,60-62H,16,19,21,23-26H2,1-15H3/b18-17+,28-22+/t29-,30-,31-,32-,33+,35+,36?,38-,39-,42+,43-,44-,45-,46-,47+,48-,49-,50+,51-,52-,53-/m1/s1. The van der Waals surface area contributed by atoms with E-state index in [0.29, 0.717) is 18.3 Å². The Hall–Kier alpha value is -3.25. The number of allylic oxidation sites excluding steroid dienone is 3. The summed E-state index contributed by atoms with van der Waals surface area (Å²) in [6.07, 6.45) is -8.67. The summed E-state index contributed by atoms with van der Waals surface area (Å²) in [5, 5.41) is 34.6. The summed E-state index contributed by atoms with van der Waals surface area (Å²) in [7, 11) is 6.41. The number of aliphatic hydroxyl groups excluding tert-OH is 2. The van der Waals surface area contributed by atoms with Crippen LogP contribution in [0.4, 0.5) is 0 Å². The normalized spacial score (nSPS) is 41.6. The van der Waals surface area contributed by atoms with Crippen LogP contribution in [0.3, 0.4) is 0 Å². The topological polar surface area (TPSA) is 251 Å². The van der Waals surface area contributed by atoms with E-state index in [4.69, 9.17) is 52.1 Å². The molecular weight excluding hydrogens is 955 g/mol. The average Bonchev–Trinajstić information content (AvgIpc) is 3.29. The minimum atomic E-state index is -1.53. The first-order valence-corrected chi connectivity index (χ1v) is 25.9. The molecule has 0 amide bonds. The van der Waals surface area contributed by atoms with Crippen LogP contribution in [0.1, 0.15) is 115 Å². The maximum absolute atomic E-state index is 14.2. The summed E-state index contributed by atoms with van der Waals surface area (Å²) < 4.78 is 67.2. The van der Waals surface area contributed by atoms with Gasteiger partial charge >= 0.3 is 17.9 Å². The Kier molecular flexibility index (Phi) is 24.1. The van der Waals surface area contributed by atoms with Gasteiger partial charge in [-0.1, -0.05) is 52.3 Å². The van der Waals surface area contributed by atoms with E-state index in [-0.39, 0.29) is 44.0 Å². The second kappa shape index (κ2) is 28.2. The van der Waals surface area contributed by atoms with Gasteiger partial charge in [-0.05, 0) is 79.5 Å². The second-order valence-corrected chi connectivity index (χ2v) is 21.4. The van der Waals surface area contributed by atoms with E-state index in [2.05, 4.69) is 0 Å². The van der Waals surface area contributed by atoms with Crippen LogP contribution >= 0.6 is 0 Å². The molecule has 73 heavy (non-hydrogen) atoms. The fraction of sp³-hybridized carbons (Fsp3) is 0.830. The number of aldehydes is 1. The number of carbonyl (C=O) groups is 5. The Labute approximate surface area is 432 Å². The monoisotopic (exact) mass is 1040 g/mol. The molecule has 0 aromatic heterocycles. The SMILES string of the molecule is CC[C@H]1OC(=O)C[C@@H](OC(C)=O)[C@@H](C)[C@@H](O[C@H]2O[C@H](C)[C@H](O[C@H]3C[C@@](C)(O)[C@@H](OC(=O)CC(C)C)[C@H](C)O3)[C@H](N(C)C)[C@H]2O)[C@@H](CC=O)C[C@@H](C)C(=O)/C=C/C(C)=C/C1CO[C@@H]1O[C@H](C)[C@@H](O)[C@@H](OC)[C@H]1OC. The zero-order chi connectivity index (χ0) is 54.6. The zero-order valence-corrected chi connectivity index (χ0v) is 45.7. The predicted molar refractivity (Wildman–Crippen MR) is 263 cm³/mol. The van der Waals surface area contributed by atoms with Gasteiger partial charge < -0.3 is 77.1 Å².